The van der Waals surface area contributed by atoms with Crippen LogP contribution in [0.1, 0.15) is 50.7 Å². The molecule has 33 heavy (non-hydrogen) atoms. The van der Waals surface area contributed by atoms with Crippen molar-refractivity contribution in [2.45, 2.75) is 45.6 Å². The number of ether oxygens (including phenoxy) is 1. The molecule has 0 aliphatic heterocycles. The Morgan fingerprint density at radius 1 is 1.03 bits per heavy atom. The Hall–Kier alpha value is -3.35. The molecule has 0 saturated carbocycles. The fourth-order valence-electron chi connectivity index (χ4n) is 4.36. The third-order valence-electron chi connectivity index (χ3n) is 5.67. The average molecular weight is 453 g/mol. The summed E-state index contributed by atoms with van der Waals surface area (Å²) < 4.78 is 5.54. The number of carboxylic acid groups (broad SMARTS) is 1. The van der Waals surface area contributed by atoms with E-state index in [0.29, 0.717) is 6.54 Å². The van der Waals surface area contributed by atoms with Crippen molar-refractivity contribution >= 4 is 18.0 Å². The largest absolute Gasteiger partial charge is 0.481 e. The summed E-state index contributed by atoms with van der Waals surface area (Å²) in [5, 5.41) is 11.7. The van der Waals surface area contributed by atoms with Gasteiger partial charge in [-0.2, -0.15) is 0 Å². The molecule has 0 spiro atoms. The Morgan fingerprint density at radius 2 is 1.58 bits per heavy atom. The van der Waals surface area contributed by atoms with Crippen LogP contribution in [0.5, 0.6) is 0 Å². The Bertz CT molecular complexity index is 982. The van der Waals surface area contributed by atoms with Crippen LogP contribution in [0.3, 0.4) is 0 Å². The summed E-state index contributed by atoms with van der Waals surface area (Å²) in [4.78, 5) is 38.2. The number of aliphatic carboxylic acids is 1. The number of hydrogen-bond acceptors (Lipinski definition) is 4. The minimum Gasteiger partial charge on any atom is -0.481 e. The number of likely N-dealkylation sites (N-methyl/N-ethyl adjacent to an activating group) is 1. The third-order valence-corrected chi connectivity index (χ3v) is 5.67. The van der Waals surface area contributed by atoms with Gasteiger partial charge in [0, 0.05) is 25.9 Å². The lowest BCUT2D eigenvalue weighted by atomic mass is 9.96. The van der Waals surface area contributed by atoms with Gasteiger partial charge < -0.3 is 20.1 Å². The Labute approximate surface area is 194 Å². The Morgan fingerprint density at radius 3 is 2.09 bits per heavy atom. The van der Waals surface area contributed by atoms with Gasteiger partial charge in [-0.15, -0.1) is 0 Å². The molecule has 0 fully saturated rings. The smallest absolute Gasteiger partial charge is 0.407 e. The lowest BCUT2D eigenvalue weighted by molar-refractivity contribution is -0.138. The summed E-state index contributed by atoms with van der Waals surface area (Å²) >= 11 is 0. The first-order valence-corrected chi connectivity index (χ1v) is 11.1. The maximum atomic E-state index is 12.9. The van der Waals surface area contributed by atoms with Crippen LogP contribution in [0.15, 0.2) is 48.5 Å². The standard InChI is InChI=1S/C26H32N2O5/c1-26(2,3)16-28(4)24(31)22(13-14-23(29)30)27-25(32)33-15-21-19-11-7-5-9-17(19)18-10-6-8-12-20(18)21/h5-12,21-22H,13-16H2,1-4H3,(H,27,32)(H,29,30). The first-order chi connectivity index (χ1) is 15.6. The van der Waals surface area contributed by atoms with E-state index in [-0.39, 0.29) is 36.7 Å². The Balaban J connectivity index is 1.68. The normalized spacial score (nSPS) is 13.6. The van der Waals surface area contributed by atoms with Crippen molar-refractivity contribution in [1.29, 1.82) is 0 Å². The number of amides is 2. The summed E-state index contributed by atoms with van der Waals surface area (Å²) in [6, 6.07) is 15.1. The van der Waals surface area contributed by atoms with Crippen LogP contribution in [0.4, 0.5) is 4.79 Å². The van der Waals surface area contributed by atoms with Gasteiger partial charge in [0.15, 0.2) is 0 Å². The van der Waals surface area contributed by atoms with E-state index in [4.69, 9.17) is 9.84 Å². The molecule has 2 amide bonds. The maximum Gasteiger partial charge on any atom is 0.407 e. The molecule has 1 atom stereocenters. The van der Waals surface area contributed by atoms with Crippen molar-refractivity contribution < 1.29 is 24.2 Å². The predicted octanol–water partition coefficient (Wildman–Crippen LogP) is 4.26. The van der Waals surface area contributed by atoms with Crippen LogP contribution < -0.4 is 5.32 Å². The molecule has 3 rings (SSSR count). The zero-order chi connectivity index (χ0) is 24.2. The first-order valence-electron chi connectivity index (χ1n) is 11.1. The van der Waals surface area contributed by atoms with Gasteiger partial charge in [-0.1, -0.05) is 69.3 Å². The summed E-state index contributed by atoms with van der Waals surface area (Å²) in [6.45, 7) is 6.60. The van der Waals surface area contributed by atoms with E-state index in [1.165, 1.54) is 4.90 Å². The van der Waals surface area contributed by atoms with E-state index < -0.39 is 18.1 Å². The molecule has 0 heterocycles. The van der Waals surface area contributed by atoms with Gasteiger partial charge >= 0.3 is 12.1 Å². The van der Waals surface area contributed by atoms with Crippen LogP contribution >= 0.6 is 0 Å². The molecule has 1 unspecified atom stereocenters. The minimum atomic E-state index is -1.03. The highest BCUT2D eigenvalue weighted by atomic mass is 16.5. The fourth-order valence-corrected chi connectivity index (χ4v) is 4.36. The van der Waals surface area contributed by atoms with E-state index in [9.17, 15) is 14.4 Å². The lowest BCUT2D eigenvalue weighted by Gasteiger charge is -2.30. The second-order valence-corrected chi connectivity index (χ2v) is 9.71. The summed E-state index contributed by atoms with van der Waals surface area (Å²) in [5.41, 5.74) is 4.30. The van der Waals surface area contributed by atoms with Gasteiger partial charge in [0.25, 0.3) is 0 Å². The van der Waals surface area contributed by atoms with Gasteiger partial charge in [0.05, 0.1) is 0 Å². The van der Waals surface area contributed by atoms with Crippen LogP contribution in [0.25, 0.3) is 11.1 Å². The molecule has 1 aliphatic rings. The zero-order valence-corrected chi connectivity index (χ0v) is 19.6. The highest BCUT2D eigenvalue weighted by Gasteiger charge is 2.31. The molecule has 7 heteroatoms. The monoisotopic (exact) mass is 452 g/mol. The maximum absolute atomic E-state index is 12.9. The number of fused-ring (bicyclic) bond motifs is 3. The van der Waals surface area contributed by atoms with Gasteiger partial charge in [-0.25, -0.2) is 4.79 Å². The number of nitrogens with zero attached hydrogens (tertiary/aromatic N) is 1. The van der Waals surface area contributed by atoms with E-state index in [1.807, 2.05) is 57.2 Å². The van der Waals surface area contributed by atoms with Crippen molar-refractivity contribution in [3.8, 4) is 11.1 Å². The molecule has 0 radical (unpaired) electrons. The zero-order valence-electron chi connectivity index (χ0n) is 19.6. The summed E-state index contributed by atoms with van der Waals surface area (Å²) in [5.74, 6) is -1.46. The molecule has 2 N–H and O–H groups in total. The number of carbonyl (C=O) groups is 3. The highest BCUT2D eigenvalue weighted by Crippen LogP contribution is 2.44. The number of carboxylic acids is 1. The highest BCUT2D eigenvalue weighted by molar-refractivity contribution is 5.86. The lowest BCUT2D eigenvalue weighted by Crippen LogP contribution is -2.49. The number of benzene rings is 2. The number of nitrogens with one attached hydrogen (secondary N) is 1. The predicted molar refractivity (Wildman–Crippen MR) is 126 cm³/mol. The molecule has 0 bridgehead atoms. The second-order valence-electron chi connectivity index (χ2n) is 9.71. The van der Waals surface area contributed by atoms with Crippen molar-refractivity contribution in [3.63, 3.8) is 0 Å². The molecule has 7 nitrogen and oxygen atoms in total. The molecule has 2 aromatic rings. The van der Waals surface area contributed by atoms with Crippen LogP contribution in [0, 0.1) is 5.41 Å². The molecule has 1 aliphatic carbocycles. The molecule has 176 valence electrons. The summed E-state index contributed by atoms with van der Waals surface area (Å²) in [6.07, 6.45) is -0.972. The van der Waals surface area contributed by atoms with Gasteiger partial charge in [-0.05, 0) is 34.1 Å². The SMILES string of the molecule is CN(CC(C)(C)C)C(=O)C(CCC(=O)O)NC(=O)OCC1c2ccccc2-c2ccccc21. The molecule has 0 aromatic heterocycles. The molecular weight excluding hydrogens is 420 g/mol. The third kappa shape index (κ3) is 6.12. The first kappa shape index (κ1) is 24.3. The van der Waals surface area contributed by atoms with Crippen molar-refractivity contribution in [1.82, 2.24) is 10.2 Å². The van der Waals surface area contributed by atoms with Crippen molar-refractivity contribution in [3.05, 3.63) is 59.7 Å². The molecular formula is C26H32N2O5. The molecule has 0 saturated heterocycles. The van der Waals surface area contributed by atoms with Gasteiger partial charge in [0.2, 0.25) is 5.91 Å². The quantitative estimate of drug-likeness (QED) is 0.624. The van der Waals surface area contributed by atoms with Crippen LogP contribution in [0.2, 0.25) is 0 Å². The van der Waals surface area contributed by atoms with E-state index >= 15 is 0 Å². The number of carbonyl (C=O) groups excluding carboxylic acids is 2. The van der Waals surface area contributed by atoms with Crippen LogP contribution in [-0.2, 0) is 14.3 Å². The fraction of sp³-hybridized carbons (Fsp3) is 0.423. The van der Waals surface area contributed by atoms with Gasteiger partial charge in [0.1, 0.15) is 12.6 Å². The van der Waals surface area contributed by atoms with Crippen molar-refractivity contribution in [2.24, 2.45) is 5.41 Å². The van der Waals surface area contributed by atoms with Gasteiger partial charge in [-0.3, -0.25) is 9.59 Å². The second kappa shape index (κ2) is 10.1. The minimum absolute atomic E-state index is 0.00710. The van der Waals surface area contributed by atoms with E-state index in [2.05, 4.69) is 17.4 Å². The van der Waals surface area contributed by atoms with Crippen molar-refractivity contribution in [2.75, 3.05) is 20.2 Å². The average Bonchev–Trinajstić information content (AvgIpc) is 3.07. The van der Waals surface area contributed by atoms with E-state index in [1.54, 1.807) is 7.05 Å². The number of alkyl carbamates (subject to hydrolysis) is 1. The van der Waals surface area contributed by atoms with E-state index in [0.717, 1.165) is 22.3 Å². The topological polar surface area (TPSA) is 95.9 Å². The molecule has 2 aromatic carbocycles. The summed E-state index contributed by atoms with van der Waals surface area (Å²) in [7, 11) is 1.65. The Kier molecular flexibility index (Phi) is 7.41. The van der Waals surface area contributed by atoms with Crippen LogP contribution in [-0.4, -0.2) is 54.2 Å². The number of hydrogen-bond donors (Lipinski definition) is 2. The number of rotatable bonds is 8.